The smallest absolute Gasteiger partial charge is 0.129 e. The van der Waals surface area contributed by atoms with Crippen molar-refractivity contribution in [3.63, 3.8) is 0 Å². The van der Waals surface area contributed by atoms with Gasteiger partial charge in [0, 0.05) is 54.7 Å². The zero-order chi connectivity index (χ0) is 18.7. The van der Waals surface area contributed by atoms with Crippen LogP contribution in [0.4, 0.5) is 0 Å². The van der Waals surface area contributed by atoms with Crippen molar-refractivity contribution < 1.29 is 0 Å². The summed E-state index contributed by atoms with van der Waals surface area (Å²) in [5.41, 5.74) is 5.73. The molecule has 0 radical (unpaired) electrons. The molecule has 0 bridgehead atoms. The van der Waals surface area contributed by atoms with Crippen LogP contribution in [0, 0.1) is 0 Å². The van der Waals surface area contributed by atoms with E-state index in [1.54, 1.807) is 0 Å². The van der Waals surface area contributed by atoms with Crippen LogP contribution in [-0.2, 0) is 19.9 Å². The maximum atomic E-state index is 4.96. The minimum atomic E-state index is 0.675. The van der Waals surface area contributed by atoms with Crippen molar-refractivity contribution in [1.29, 1.82) is 0 Å². The zero-order valence-corrected chi connectivity index (χ0v) is 16.1. The summed E-state index contributed by atoms with van der Waals surface area (Å²) in [5, 5.41) is 1.12. The Bertz CT molecular complexity index is 1170. The molecule has 2 aliphatic carbocycles. The van der Waals surface area contributed by atoms with Crippen LogP contribution in [0.1, 0.15) is 60.6 Å². The van der Waals surface area contributed by atoms with E-state index in [1.165, 1.54) is 37.1 Å². The fourth-order valence-corrected chi connectivity index (χ4v) is 4.13. The van der Waals surface area contributed by atoms with Crippen LogP contribution in [0.15, 0.2) is 36.5 Å². The van der Waals surface area contributed by atoms with E-state index in [0.29, 0.717) is 11.8 Å². The van der Waals surface area contributed by atoms with E-state index in [2.05, 4.69) is 40.9 Å². The minimum absolute atomic E-state index is 0.675. The normalized spacial score (nSPS) is 16.9. The van der Waals surface area contributed by atoms with E-state index in [0.717, 1.165) is 46.4 Å². The molecule has 0 N–H and O–H groups in total. The van der Waals surface area contributed by atoms with Crippen molar-refractivity contribution in [1.82, 2.24) is 24.5 Å². The van der Waals surface area contributed by atoms with E-state index < -0.39 is 0 Å². The summed E-state index contributed by atoms with van der Waals surface area (Å²) >= 11 is 0. The number of fused-ring (bicyclic) bond motifs is 3. The van der Waals surface area contributed by atoms with Gasteiger partial charge < -0.3 is 4.57 Å². The molecule has 3 heterocycles. The summed E-state index contributed by atoms with van der Waals surface area (Å²) in [6, 6.07) is 10.6. The van der Waals surface area contributed by atoms with Crippen LogP contribution in [0.2, 0.25) is 0 Å². The highest BCUT2D eigenvalue weighted by Crippen LogP contribution is 2.43. The average molecular weight is 369 g/mol. The molecule has 0 unspecified atom stereocenters. The number of hydrogen-bond donors (Lipinski definition) is 0. The Morgan fingerprint density at radius 1 is 0.929 bits per heavy atom. The van der Waals surface area contributed by atoms with Crippen molar-refractivity contribution in [2.75, 3.05) is 0 Å². The Morgan fingerprint density at radius 2 is 1.68 bits per heavy atom. The molecule has 0 amide bonds. The third-order valence-corrected chi connectivity index (χ3v) is 6.10. The molecule has 5 heteroatoms. The van der Waals surface area contributed by atoms with Gasteiger partial charge in [-0.05, 0) is 56.0 Å². The van der Waals surface area contributed by atoms with Crippen LogP contribution in [0.25, 0.3) is 21.9 Å². The summed E-state index contributed by atoms with van der Waals surface area (Å²) in [6.07, 6.45) is 8.66. The molecule has 2 saturated carbocycles. The summed E-state index contributed by atoms with van der Waals surface area (Å²) in [5.74, 6) is 3.42. The van der Waals surface area contributed by atoms with Gasteiger partial charge in [0.25, 0.3) is 0 Å². The minimum Gasteiger partial charge on any atom is -0.331 e. The number of nitrogens with zero attached hydrogens (tertiary/aromatic N) is 5. The molecule has 0 saturated heterocycles. The number of hydrogen-bond acceptors (Lipinski definition) is 4. The predicted octanol–water partition coefficient (Wildman–Crippen LogP) is 4.45. The van der Waals surface area contributed by atoms with Crippen molar-refractivity contribution in [3.8, 4) is 0 Å². The lowest BCUT2D eigenvalue weighted by Crippen LogP contribution is -2.06. The van der Waals surface area contributed by atoms with Gasteiger partial charge in [0.1, 0.15) is 11.6 Å². The average Bonchev–Trinajstić information content (AvgIpc) is 3.63. The number of imidazole rings is 1. The first kappa shape index (κ1) is 16.2. The van der Waals surface area contributed by atoms with Gasteiger partial charge in [0.15, 0.2) is 0 Å². The maximum Gasteiger partial charge on any atom is 0.129 e. The predicted molar refractivity (Wildman–Crippen MR) is 109 cm³/mol. The molecule has 4 aromatic rings. The van der Waals surface area contributed by atoms with E-state index in [1.807, 2.05) is 12.3 Å². The Labute approximate surface area is 163 Å². The van der Waals surface area contributed by atoms with E-state index in [-0.39, 0.29) is 0 Å². The number of aromatic nitrogens is 5. The summed E-state index contributed by atoms with van der Waals surface area (Å²) in [4.78, 5) is 19.2. The Kier molecular flexibility index (Phi) is 3.52. The molecule has 0 atom stereocenters. The second-order valence-electron chi connectivity index (χ2n) is 8.27. The Balaban J connectivity index is 1.33. The first-order valence-electron chi connectivity index (χ1n) is 10.3. The molecule has 1 aromatic carbocycles. The standard InChI is InChI=1S/C23H23N5/c1-28-20-9-8-17-16(3-2-12-24-17)23(20)27-22(28)11-10-21-25-18(14-4-5-14)13-19(26-21)15-6-7-15/h2-3,8-9,12-15H,4-7,10-11H2,1H3. The fourth-order valence-electron chi connectivity index (χ4n) is 4.13. The Morgan fingerprint density at radius 3 is 2.39 bits per heavy atom. The lowest BCUT2D eigenvalue weighted by Gasteiger charge is -2.07. The number of rotatable bonds is 5. The lowest BCUT2D eigenvalue weighted by molar-refractivity contribution is 0.742. The number of pyridine rings is 1. The summed E-state index contributed by atoms with van der Waals surface area (Å²) in [6.45, 7) is 0. The third-order valence-electron chi connectivity index (χ3n) is 6.10. The van der Waals surface area contributed by atoms with Gasteiger partial charge in [-0.1, -0.05) is 0 Å². The molecule has 2 fully saturated rings. The topological polar surface area (TPSA) is 56.5 Å². The molecule has 0 spiro atoms. The van der Waals surface area contributed by atoms with E-state index in [9.17, 15) is 0 Å². The van der Waals surface area contributed by atoms with Crippen molar-refractivity contribution >= 4 is 21.9 Å². The molecular formula is C23H23N5. The highest BCUT2D eigenvalue weighted by atomic mass is 15.1. The van der Waals surface area contributed by atoms with Gasteiger partial charge >= 0.3 is 0 Å². The SMILES string of the molecule is Cn1c(CCc2nc(C3CC3)cc(C3CC3)n2)nc2c3cccnc3ccc21. The molecule has 2 aliphatic rings. The molecule has 28 heavy (non-hydrogen) atoms. The van der Waals surface area contributed by atoms with Crippen LogP contribution >= 0.6 is 0 Å². The molecule has 140 valence electrons. The molecule has 0 aliphatic heterocycles. The number of aryl methyl sites for hydroxylation is 3. The molecular weight excluding hydrogens is 346 g/mol. The lowest BCUT2D eigenvalue weighted by atomic mass is 10.2. The highest BCUT2D eigenvalue weighted by molar-refractivity contribution is 6.02. The molecule has 5 nitrogen and oxygen atoms in total. The van der Waals surface area contributed by atoms with E-state index in [4.69, 9.17) is 15.0 Å². The quantitative estimate of drug-likeness (QED) is 0.521. The van der Waals surface area contributed by atoms with E-state index >= 15 is 0 Å². The van der Waals surface area contributed by atoms with Crippen molar-refractivity contribution in [2.45, 2.75) is 50.4 Å². The van der Waals surface area contributed by atoms with Gasteiger partial charge in [-0.25, -0.2) is 15.0 Å². The van der Waals surface area contributed by atoms with Gasteiger partial charge in [-0.15, -0.1) is 0 Å². The van der Waals surface area contributed by atoms with Gasteiger partial charge in [0.05, 0.1) is 16.6 Å². The van der Waals surface area contributed by atoms with Gasteiger partial charge in [0.2, 0.25) is 0 Å². The third kappa shape index (κ3) is 2.77. The largest absolute Gasteiger partial charge is 0.331 e. The number of benzene rings is 1. The first-order chi connectivity index (χ1) is 13.8. The van der Waals surface area contributed by atoms with Crippen LogP contribution < -0.4 is 0 Å². The van der Waals surface area contributed by atoms with Gasteiger partial charge in [-0.2, -0.15) is 0 Å². The van der Waals surface area contributed by atoms with Crippen molar-refractivity contribution in [2.24, 2.45) is 7.05 Å². The molecule has 3 aromatic heterocycles. The highest BCUT2D eigenvalue weighted by Gasteiger charge is 2.30. The van der Waals surface area contributed by atoms with Crippen molar-refractivity contribution in [3.05, 3.63) is 59.6 Å². The monoisotopic (exact) mass is 369 g/mol. The zero-order valence-electron chi connectivity index (χ0n) is 16.1. The van der Waals surface area contributed by atoms with Crippen LogP contribution in [0.3, 0.4) is 0 Å². The molecule has 6 rings (SSSR count). The van der Waals surface area contributed by atoms with Crippen LogP contribution in [0.5, 0.6) is 0 Å². The second-order valence-corrected chi connectivity index (χ2v) is 8.27. The summed E-state index contributed by atoms with van der Waals surface area (Å²) in [7, 11) is 2.10. The summed E-state index contributed by atoms with van der Waals surface area (Å²) < 4.78 is 2.20. The maximum absolute atomic E-state index is 4.96. The fraction of sp³-hybridized carbons (Fsp3) is 0.391. The van der Waals surface area contributed by atoms with Gasteiger partial charge in [-0.3, -0.25) is 4.98 Å². The first-order valence-corrected chi connectivity index (χ1v) is 10.3. The second kappa shape index (κ2) is 6.09. The van der Waals surface area contributed by atoms with Crippen LogP contribution in [-0.4, -0.2) is 24.5 Å². The Hall–Kier alpha value is -2.82.